The van der Waals surface area contributed by atoms with Crippen LogP contribution in [0.25, 0.3) is 0 Å². The average molecular weight is 306 g/mol. The molecule has 0 aromatic rings. The number of allylic oxidation sites excluding steroid dienone is 2. The quantitative estimate of drug-likeness (QED) is 0.597. The van der Waals surface area contributed by atoms with Crippen molar-refractivity contribution in [2.75, 3.05) is 0 Å². The third-order valence-corrected chi connectivity index (χ3v) is 8.42. The van der Waals surface area contributed by atoms with Gasteiger partial charge in [-0.2, -0.15) is 0 Å². The van der Waals surface area contributed by atoms with Gasteiger partial charge in [-0.05, 0) is 74.7 Å². The zero-order valence-electron chi connectivity index (χ0n) is 13.9. The fourth-order valence-corrected chi connectivity index (χ4v) is 6.91. The van der Waals surface area contributed by atoms with Crippen molar-refractivity contribution in [3.8, 4) is 0 Å². The second-order valence-corrected chi connectivity index (χ2v) is 8.91. The Labute approximate surface area is 133 Å². The SMILES string of the molecule is C[C@]12C(O)=CCCC1CC[C@@H]1[C@@H]2CC[C@@]2(C)[C@H]1CCC2(O)O. The smallest absolute Gasteiger partial charge is 0.168 e. The zero-order valence-corrected chi connectivity index (χ0v) is 13.9. The van der Waals surface area contributed by atoms with Gasteiger partial charge in [0, 0.05) is 17.3 Å². The highest BCUT2D eigenvalue weighted by molar-refractivity contribution is 5.19. The molecule has 0 aromatic carbocycles. The summed E-state index contributed by atoms with van der Waals surface area (Å²) < 4.78 is 0. The lowest BCUT2D eigenvalue weighted by atomic mass is 9.46. The van der Waals surface area contributed by atoms with Crippen LogP contribution in [0.3, 0.4) is 0 Å². The van der Waals surface area contributed by atoms with Gasteiger partial charge in [0.2, 0.25) is 0 Å². The highest BCUT2D eigenvalue weighted by Crippen LogP contribution is 2.67. The summed E-state index contributed by atoms with van der Waals surface area (Å²) in [5.74, 6) is 1.18. The molecule has 0 aromatic heterocycles. The summed E-state index contributed by atoms with van der Waals surface area (Å²) in [4.78, 5) is 0. The number of hydrogen-bond acceptors (Lipinski definition) is 3. The lowest BCUT2D eigenvalue weighted by Crippen LogP contribution is -2.56. The van der Waals surface area contributed by atoms with E-state index in [0.717, 1.165) is 25.7 Å². The van der Waals surface area contributed by atoms with Gasteiger partial charge < -0.3 is 15.3 Å². The van der Waals surface area contributed by atoms with E-state index < -0.39 is 5.79 Å². The molecule has 22 heavy (non-hydrogen) atoms. The Balaban J connectivity index is 1.71. The Hall–Kier alpha value is -0.540. The van der Waals surface area contributed by atoms with Crippen molar-refractivity contribution in [3.05, 3.63) is 11.8 Å². The fraction of sp³-hybridized carbons (Fsp3) is 0.895. The second-order valence-electron chi connectivity index (χ2n) is 8.91. The molecule has 0 heterocycles. The molecular weight excluding hydrogens is 276 g/mol. The summed E-state index contributed by atoms with van der Waals surface area (Å²) in [5, 5.41) is 31.6. The molecule has 3 saturated carbocycles. The standard InChI is InChI=1S/C19H30O3/c1-17-10-8-15-13(14(17)9-11-19(17,21)22)7-6-12-4-3-5-16(20)18(12,15)2/h5,12-15,20-22H,3-4,6-11H2,1-2H3/t12?,13-,14-,15-,17-,18-/m0/s1. The van der Waals surface area contributed by atoms with Crippen molar-refractivity contribution in [3.63, 3.8) is 0 Å². The van der Waals surface area contributed by atoms with Crippen LogP contribution in [-0.2, 0) is 0 Å². The predicted octanol–water partition coefficient (Wildman–Crippen LogP) is 3.76. The van der Waals surface area contributed by atoms with Crippen molar-refractivity contribution < 1.29 is 15.3 Å². The molecule has 3 N–H and O–H groups in total. The van der Waals surface area contributed by atoms with Gasteiger partial charge >= 0.3 is 0 Å². The van der Waals surface area contributed by atoms with Crippen molar-refractivity contribution >= 4 is 0 Å². The minimum atomic E-state index is -1.50. The van der Waals surface area contributed by atoms with Gasteiger partial charge in [-0.3, -0.25) is 0 Å². The van der Waals surface area contributed by atoms with Crippen LogP contribution in [0.4, 0.5) is 0 Å². The Morgan fingerprint density at radius 2 is 1.68 bits per heavy atom. The Bertz CT molecular complexity index is 511. The van der Waals surface area contributed by atoms with Gasteiger partial charge in [-0.1, -0.05) is 13.8 Å². The first-order valence-corrected chi connectivity index (χ1v) is 9.15. The third kappa shape index (κ3) is 1.65. The summed E-state index contributed by atoms with van der Waals surface area (Å²) in [7, 11) is 0. The molecule has 124 valence electrons. The summed E-state index contributed by atoms with van der Waals surface area (Å²) in [6, 6.07) is 0. The largest absolute Gasteiger partial charge is 0.512 e. The van der Waals surface area contributed by atoms with Gasteiger partial charge in [0.05, 0.1) is 5.76 Å². The van der Waals surface area contributed by atoms with Crippen LogP contribution >= 0.6 is 0 Å². The lowest BCUT2D eigenvalue weighted by molar-refractivity contribution is -0.250. The summed E-state index contributed by atoms with van der Waals surface area (Å²) >= 11 is 0. The van der Waals surface area contributed by atoms with Gasteiger partial charge in [-0.25, -0.2) is 0 Å². The zero-order chi connectivity index (χ0) is 15.8. The van der Waals surface area contributed by atoms with Crippen LogP contribution < -0.4 is 0 Å². The first kappa shape index (κ1) is 15.0. The van der Waals surface area contributed by atoms with E-state index in [1.807, 2.05) is 6.08 Å². The van der Waals surface area contributed by atoms with Gasteiger partial charge in [0.1, 0.15) is 0 Å². The maximum atomic E-state index is 10.7. The normalized spacial score (nSPS) is 53.2. The van der Waals surface area contributed by atoms with E-state index in [9.17, 15) is 15.3 Å². The third-order valence-electron chi connectivity index (χ3n) is 8.42. The van der Waals surface area contributed by atoms with Crippen molar-refractivity contribution in [1.29, 1.82) is 0 Å². The maximum Gasteiger partial charge on any atom is 0.168 e. The molecular formula is C19H30O3. The fourth-order valence-electron chi connectivity index (χ4n) is 6.91. The van der Waals surface area contributed by atoms with Crippen molar-refractivity contribution in [2.45, 2.75) is 71.0 Å². The molecule has 0 radical (unpaired) electrons. The van der Waals surface area contributed by atoms with E-state index in [2.05, 4.69) is 13.8 Å². The molecule has 0 bridgehead atoms. The number of aliphatic hydroxyl groups is 3. The van der Waals surface area contributed by atoms with E-state index in [4.69, 9.17) is 0 Å². The summed E-state index contributed by atoms with van der Waals surface area (Å²) in [6.45, 7) is 4.37. The van der Waals surface area contributed by atoms with Crippen LogP contribution in [-0.4, -0.2) is 21.1 Å². The van der Waals surface area contributed by atoms with E-state index in [1.54, 1.807) is 0 Å². The number of rotatable bonds is 0. The van der Waals surface area contributed by atoms with E-state index in [1.165, 1.54) is 19.3 Å². The number of aliphatic hydroxyl groups excluding tert-OH is 1. The number of fused-ring (bicyclic) bond motifs is 5. The highest BCUT2D eigenvalue weighted by Gasteiger charge is 2.64. The Morgan fingerprint density at radius 3 is 2.45 bits per heavy atom. The molecule has 0 amide bonds. The predicted molar refractivity (Wildman–Crippen MR) is 85.0 cm³/mol. The minimum absolute atomic E-state index is 0.0708. The Kier molecular flexibility index (Phi) is 3.08. The molecule has 6 atom stereocenters. The molecule has 0 saturated heterocycles. The van der Waals surface area contributed by atoms with Gasteiger partial charge in [-0.15, -0.1) is 0 Å². The molecule has 0 spiro atoms. The van der Waals surface area contributed by atoms with Crippen molar-refractivity contribution in [1.82, 2.24) is 0 Å². The van der Waals surface area contributed by atoms with Crippen LogP contribution in [0.1, 0.15) is 65.2 Å². The minimum Gasteiger partial charge on any atom is -0.512 e. The highest BCUT2D eigenvalue weighted by atomic mass is 16.5. The first-order chi connectivity index (χ1) is 10.3. The van der Waals surface area contributed by atoms with Crippen molar-refractivity contribution in [2.24, 2.45) is 34.5 Å². The summed E-state index contributed by atoms with van der Waals surface area (Å²) in [6.07, 6.45) is 9.99. The van der Waals surface area contributed by atoms with Crippen LogP contribution in [0.15, 0.2) is 11.8 Å². The molecule has 4 aliphatic carbocycles. The first-order valence-electron chi connectivity index (χ1n) is 9.15. The molecule has 3 nitrogen and oxygen atoms in total. The summed E-state index contributed by atoms with van der Waals surface area (Å²) in [5.41, 5.74) is -0.427. The molecule has 4 rings (SSSR count). The van der Waals surface area contributed by atoms with E-state index in [-0.39, 0.29) is 10.8 Å². The van der Waals surface area contributed by atoms with Crippen LogP contribution in [0, 0.1) is 34.5 Å². The molecule has 0 aliphatic heterocycles. The maximum absolute atomic E-state index is 10.7. The lowest BCUT2D eigenvalue weighted by Gasteiger charge is -2.59. The van der Waals surface area contributed by atoms with Crippen LogP contribution in [0.5, 0.6) is 0 Å². The Morgan fingerprint density at radius 1 is 0.955 bits per heavy atom. The van der Waals surface area contributed by atoms with Crippen LogP contribution in [0.2, 0.25) is 0 Å². The number of hydrogen-bond donors (Lipinski definition) is 3. The molecule has 1 unspecified atom stereocenters. The molecule has 3 heteroatoms. The molecule has 4 aliphatic rings. The van der Waals surface area contributed by atoms with E-state index >= 15 is 0 Å². The topological polar surface area (TPSA) is 60.7 Å². The van der Waals surface area contributed by atoms with E-state index in [0.29, 0.717) is 35.9 Å². The second kappa shape index (κ2) is 4.51. The van der Waals surface area contributed by atoms with Gasteiger partial charge in [0.25, 0.3) is 0 Å². The van der Waals surface area contributed by atoms with Gasteiger partial charge in [0.15, 0.2) is 5.79 Å². The molecule has 3 fully saturated rings. The average Bonchev–Trinajstić information content (AvgIpc) is 2.71. The monoisotopic (exact) mass is 306 g/mol.